The molecule has 1 amide bonds. The molecule has 0 unspecified atom stereocenters. The van der Waals surface area contributed by atoms with E-state index in [-0.39, 0.29) is 5.91 Å². The van der Waals surface area contributed by atoms with Gasteiger partial charge in [-0.15, -0.1) is 0 Å². The monoisotopic (exact) mass is 284 g/mol. The summed E-state index contributed by atoms with van der Waals surface area (Å²) < 4.78 is 5.28. The second kappa shape index (κ2) is 6.88. The van der Waals surface area contributed by atoms with Gasteiger partial charge in [0, 0.05) is 6.20 Å². The molecular formula is C17H20N2O2. The van der Waals surface area contributed by atoms with Gasteiger partial charge in [-0.25, -0.2) is 0 Å². The number of ether oxygens (including phenoxy) is 1. The number of rotatable bonds is 5. The average molecular weight is 284 g/mol. The van der Waals surface area contributed by atoms with Crippen LogP contribution in [0.15, 0.2) is 36.5 Å². The lowest BCUT2D eigenvalue weighted by Crippen LogP contribution is -2.25. The van der Waals surface area contributed by atoms with Crippen LogP contribution >= 0.6 is 0 Å². The molecule has 4 heteroatoms. The van der Waals surface area contributed by atoms with Gasteiger partial charge in [-0.2, -0.15) is 0 Å². The van der Waals surface area contributed by atoms with E-state index in [4.69, 9.17) is 4.74 Å². The van der Waals surface area contributed by atoms with E-state index in [1.54, 1.807) is 13.3 Å². The Balaban J connectivity index is 1.98. The fraction of sp³-hybridized carbons (Fsp3) is 0.294. The number of nitrogens with one attached hydrogen (secondary N) is 1. The molecule has 110 valence electrons. The van der Waals surface area contributed by atoms with E-state index in [0.29, 0.717) is 13.0 Å². The molecule has 0 aliphatic carbocycles. The summed E-state index contributed by atoms with van der Waals surface area (Å²) in [7, 11) is 1.65. The van der Waals surface area contributed by atoms with Crippen LogP contribution in [0.2, 0.25) is 0 Å². The third-order valence-corrected chi connectivity index (χ3v) is 3.61. The fourth-order valence-corrected chi connectivity index (χ4v) is 2.19. The van der Waals surface area contributed by atoms with Crippen molar-refractivity contribution in [3.63, 3.8) is 0 Å². The predicted molar refractivity (Wildman–Crippen MR) is 82.3 cm³/mol. The van der Waals surface area contributed by atoms with E-state index in [9.17, 15) is 4.79 Å². The van der Waals surface area contributed by atoms with Gasteiger partial charge < -0.3 is 10.1 Å². The summed E-state index contributed by atoms with van der Waals surface area (Å²) in [6.45, 7) is 4.47. The summed E-state index contributed by atoms with van der Waals surface area (Å²) in [6.07, 6.45) is 2.09. The van der Waals surface area contributed by atoms with Crippen LogP contribution in [0.4, 0.5) is 0 Å². The van der Waals surface area contributed by atoms with Crippen LogP contribution in [0, 0.1) is 13.8 Å². The first-order chi connectivity index (χ1) is 10.1. The number of methoxy groups -OCH3 is 1. The quantitative estimate of drug-likeness (QED) is 0.918. The molecule has 0 aliphatic heterocycles. The van der Waals surface area contributed by atoms with Crippen molar-refractivity contribution in [1.29, 1.82) is 0 Å². The molecule has 1 heterocycles. The van der Waals surface area contributed by atoms with Gasteiger partial charge in [0.25, 0.3) is 0 Å². The van der Waals surface area contributed by atoms with Crippen LogP contribution in [0.5, 0.6) is 5.75 Å². The molecule has 2 rings (SSSR count). The van der Waals surface area contributed by atoms with Gasteiger partial charge in [0.2, 0.25) is 5.91 Å². The van der Waals surface area contributed by atoms with E-state index in [1.165, 1.54) is 0 Å². The molecule has 0 atom stereocenters. The molecule has 0 fully saturated rings. The molecule has 4 nitrogen and oxygen atoms in total. The van der Waals surface area contributed by atoms with E-state index in [1.807, 2.05) is 44.2 Å². The molecule has 0 saturated carbocycles. The molecule has 0 spiro atoms. The Morgan fingerprint density at radius 2 is 2.00 bits per heavy atom. The number of hydrogen-bond acceptors (Lipinski definition) is 3. The number of nitrogens with zero attached hydrogens (tertiary/aromatic N) is 1. The second-order valence-corrected chi connectivity index (χ2v) is 4.95. The van der Waals surface area contributed by atoms with Crippen molar-refractivity contribution in [3.8, 4) is 5.75 Å². The summed E-state index contributed by atoms with van der Waals surface area (Å²) in [4.78, 5) is 16.2. The van der Waals surface area contributed by atoms with Crippen LogP contribution in [0.25, 0.3) is 0 Å². The Morgan fingerprint density at radius 3 is 2.67 bits per heavy atom. The van der Waals surface area contributed by atoms with E-state index in [0.717, 1.165) is 28.1 Å². The number of carbonyl (C=O) groups is 1. The Bertz CT molecular complexity index is 624. The maximum absolute atomic E-state index is 12.0. The third-order valence-electron chi connectivity index (χ3n) is 3.61. The number of benzene rings is 1. The highest BCUT2D eigenvalue weighted by Gasteiger charge is 2.10. The SMILES string of the molecule is COc1ccc(CC(=O)NCc2ccccn2)c(C)c1C. The summed E-state index contributed by atoms with van der Waals surface area (Å²) in [5.74, 6) is 0.846. The van der Waals surface area contributed by atoms with Crippen LogP contribution in [-0.2, 0) is 17.8 Å². The van der Waals surface area contributed by atoms with Crippen molar-refractivity contribution in [2.24, 2.45) is 0 Å². The molecule has 0 bridgehead atoms. The van der Waals surface area contributed by atoms with Crippen LogP contribution < -0.4 is 10.1 Å². The van der Waals surface area contributed by atoms with Crippen molar-refractivity contribution in [2.45, 2.75) is 26.8 Å². The van der Waals surface area contributed by atoms with Gasteiger partial charge in [-0.1, -0.05) is 12.1 Å². The van der Waals surface area contributed by atoms with Crippen LogP contribution in [-0.4, -0.2) is 18.0 Å². The lowest BCUT2D eigenvalue weighted by atomic mass is 10.00. The molecule has 1 N–H and O–H groups in total. The first-order valence-corrected chi connectivity index (χ1v) is 6.91. The lowest BCUT2D eigenvalue weighted by Gasteiger charge is -2.12. The van der Waals surface area contributed by atoms with Crippen molar-refractivity contribution < 1.29 is 9.53 Å². The average Bonchev–Trinajstić information content (AvgIpc) is 2.51. The maximum atomic E-state index is 12.0. The molecule has 21 heavy (non-hydrogen) atoms. The number of amides is 1. The molecule has 0 saturated heterocycles. The molecule has 0 aliphatic rings. The van der Waals surface area contributed by atoms with Crippen molar-refractivity contribution in [3.05, 3.63) is 58.9 Å². The standard InChI is InChI=1S/C17H20N2O2/c1-12-13(2)16(21-3)8-7-14(12)10-17(20)19-11-15-6-4-5-9-18-15/h4-9H,10-11H2,1-3H3,(H,19,20). The first kappa shape index (κ1) is 15.0. The highest BCUT2D eigenvalue weighted by Crippen LogP contribution is 2.24. The van der Waals surface area contributed by atoms with Crippen LogP contribution in [0.1, 0.15) is 22.4 Å². The topological polar surface area (TPSA) is 51.2 Å². The highest BCUT2D eigenvalue weighted by atomic mass is 16.5. The molecule has 1 aromatic carbocycles. The summed E-state index contributed by atoms with van der Waals surface area (Å²) in [5.41, 5.74) is 4.05. The number of hydrogen-bond donors (Lipinski definition) is 1. The maximum Gasteiger partial charge on any atom is 0.224 e. The van der Waals surface area contributed by atoms with E-state index < -0.39 is 0 Å². The van der Waals surface area contributed by atoms with Gasteiger partial charge in [0.05, 0.1) is 25.8 Å². The Hall–Kier alpha value is -2.36. The number of pyridine rings is 1. The van der Waals surface area contributed by atoms with Gasteiger partial charge in [-0.3, -0.25) is 9.78 Å². The van der Waals surface area contributed by atoms with Crippen molar-refractivity contribution >= 4 is 5.91 Å². The summed E-state index contributed by atoms with van der Waals surface area (Å²) >= 11 is 0. The van der Waals surface area contributed by atoms with Gasteiger partial charge in [-0.05, 0) is 48.7 Å². The molecular weight excluding hydrogens is 264 g/mol. The summed E-state index contributed by atoms with van der Waals surface area (Å²) in [6, 6.07) is 9.51. The minimum absolute atomic E-state index is 0.00619. The predicted octanol–water partition coefficient (Wildman–Crippen LogP) is 2.57. The van der Waals surface area contributed by atoms with Crippen LogP contribution in [0.3, 0.4) is 0 Å². The number of aromatic nitrogens is 1. The minimum atomic E-state index is -0.00619. The fourth-order valence-electron chi connectivity index (χ4n) is 2.19. The van der Waals surface area contributed by atoms with Gasteiger partial charge >= 0.3 is 0 Å². The summed E-state index contributed by atoms with van der Waals surface area (Å²) in [5, 5.41) is 2.89. The lowest BCUT2D eigenvalue weighted by molar-refractivity contribution is -0.120. The molecule has 2 aromatic rings. The van der Waals surface area contributed by atoms with E-state index in [2.05, 4.69) is 10.3 Å². The Labute approximate surface area is 125 Å². The van der Waals surface area contributed by atoms with Gasteiger partial charge in [0.1, 0.15) is 5.75 Å². The smallest absolute Gasteiger partial charge is 0.224 e. The zero-order chi connectivity index (χ0) is 15.2. The second-order valence-electron chi connectivity index (χ2n) is 4.95. The third kappa shape index (κ3) is 3.81. The zero-order valence-corrected chi connectivity index (χ0v) is 12.6. The normalized spacial score (nSPS) is 10.2. The minimum Gasteiger partial charge on any atom is -0.496 e. The van der Waals surface area contributed by atoms with Crippen molar-refractivity contribution in [2.75, 3.05) is 7.11 Å². The Kier molecular flexibility index (Phi) is 4.93. The van der Waals surface area contributed by atoms with Gasteiger partial charge in [0.15, 0.2) is 0 Å². The molecule has 0 radical (unpaired) electrons. The van der Waals surface area contributed by atoms with Crippen molar-refractivity contribution in [1.82, 2.24) is 10.3 Å². The molecule has 1 aromatic heterocycles. The largest absolute Gasteiger partial charge is 0.496 e. The van der Waals surface area contributed by atoms with E-state index >= 15 is 0 Å². The highest BCUT2D eigenvalue weighted by molar-refractivity contribution is 5.79. The number of carbonyl (C=O) groups excluding carboxylic acids is 1. The zero-order valence-electron chi connectivity index (χ0n) is 12.6. The first-order valence-electron chi connectivity index (χ1n) is 6.91. The Morgan fingerprint density at radius 1 is 1.19 bits per heavy atom.